The summed E-state index contributed by atoms with van der Waals surface area (Å²) in [7, 11) is 0. The lowest BCUT2D eigenvalue weighted by molar-refractivity contribution is -0.144. The zero-order valence-corrected chi connectivity index (χ0v) is 11.2. The molecule has 0 spiro atoms. The van der Waals surface area contributed by atoms with Gasteiger partial charge in [0.05, 0.1) is 13.0 Å². The third kappa shape index (κ3) is 6.22. The van der Waals surface area contributed by atoms with Crippen LogP contribution in [0.2, 0.25) is 0 Å². The summed E-state index contributed by atoms with van der Waals surface area (Å²) >= 11 is 0. The molecule has 2 amide bonds. The van der Waals surface area contributed by atoms with Crippen LogP contribution >= 0.6 is 0 Å². The van der Waals surface area contributed by atoms with Gasteiger partial charge in [0.2, 0.25) is 11.8 Å². The molecule has 0 aliphatic rings. The summed E-state index contributed by atoms with van der Waals surface area (Å²) in [6, 6.07) is -0.690. The molecular formula is C12H22N2O4. The van der Waals surface area contributed by atoms with E-state index >= 15 is 0 Å². The van der Waals surface area contributed by atoms with Gasteiger partial charge >= 0.3 is 5.97 Å². The fourth-order valence-electron chi connectivity index (χ4n) is 1.42. The molecule has 0 heterocycles. The molecule has 0 saturated heterocycles. The van der Waals surface area contributed by atoms with Crippen LogP contribution in [-0.4, -0.2) is 30.4 Å². The van der Waals surface area contributed by atoms with Crippen LogP contribution < -0.4 is 11.1 Å². The zero-order chi connectivity index (χ0) is 14.1. The number of rotatable bonds is 8. The van der Waals surface area contributed by atoms with Gasteiger partial charge in [-0.1, -0.05) is 20.3 Å². The van der Waals surface area contributed by atoms with Gasteiger partial charge < -0.3 is 15.8 Å². The summed E-state index contributed by atoms with van der Waals surface area (Å²) in [6.07, 6.45) is 0.733. The van der Waals surface area contributed by atoms with E-state index in [-0.39, 0.29) is 31.3 Å². The second-order valence-electron chi connectivity index (χ2n) is 4.14. The third-order valence-corrected chi connectivity index (χ3v) is 2.70. The van der Waals surface area contributed by atoms with Crippen molar-refractivity contribution < 1.29 is 19.1 Å². The molecular weight excluding hydrogens is 236 g/mol. The molecule has 0 bridgehead atoms. The Morgan fingerprint density at radius 1 is 1.22 bits per heavy atom. The largest absolute Gasteiger partial charge is 0.466 e. The van der Waals surface area contributed by atoms with Crippen LogP contribution in [0.1, 0.15) is 40.0 Å². The molecule has 0 aromatic rings. The van der Waals surface area contributed by atoms with Crippen molar-refractivity contribution in [2.45, 2.75) is 46.1 Å². The lowest BCUT2D eigenvalue weighted by Gasteiger charge is -2.20. The van der Waals surface area contributed by atoms with Crippen LogP contribution in [0.3, 0.4) is 0 Å². The number of amides is 2. The molecule has 0 unspecified atom stereocenters. The summed E-state index contributed by atoms with van der Waals surface area (Å²) in [5.41, 5.74) is 5.22. The lowest BCUT2D eigenvalue weighted by Crippen LogP contribution is -2.48. The first-order valence-corrected chi connectivity index (χ1v) is 6.16. The number of hydrogen-bond acceptors (Lipinski definition) is 4. The topological polar surface area (TPSA) is 98.5 Å². The number of carbonyl (C=O) groups excluding carboxylic acids is 3. The number of esters is 1. The summed E-state index contributed by atoms with van der Waals surface area (Å²) < 4.78 is 4.70. The summed E-state index contributed by atoms with van der Waals surface area (Å²) in [4.78, 5) is 33.8. The molecule has 0 aliphatic heterocycles. The van der Waals surface area contributed by atoms with Gasteiger partial charge in [-0.3, -0.25) is 14.4 Å². The maximum Gasteiger partial charge on any atom is 0.306 e. The summed E-state index contributed by atoms with van der Waals surface area (Å²) in [6.45, 7) is 5.73. The molecule has 3 N–H and O–H groups in total. The van der Waals surface area contributed by atoms with Crippen LogP contribution in [0.5, 0.6) is 0 Å². The predicted molar refractivity (Wildman–Crippen MR) is 66.4 cm³/mol. The van der Waals surface area contributed by atoms with Crippen molar-refractivity contribution in [3.05, 3.63) is 0 Å². The van der Waals surface area contributed by atoms with E-state index in [2.05, 4.69) is 5.32 Å². The lowest BCUT2D eigenvalue weighted by atomic mass is 9.98. The van der Waals surface area contributed by atoms with E-state index in [9.17, 15) is 14.4 Å². The minimum atomic E-state index is -0.690. The van der Waals surface area contributed by atoms with Gasteiger partial charge in [-0.05, 0) is 12.8 Å². The third-order valence-electron chi connectivity index (χ3n) is 2.70. The first-order chi connectivity index (χ1) is 8.42. The molecule has 104 valence electrons. The Kier molecular flexibility index (Phi) is 7.74. The van der Waals surface area contributed by atoms with E-state index in [0.717, 1.165) is 6.42 Å². The normalized spacial score (nSPS) is 13.5. The molecule has 0 fully saturated rings. The van der Waals surface area contributed by atoms with E-state index in [1.807, 2.05) is 13.8 Å². The Morgan fingerprint density at radius 3 is 2.28 bits per heavy atom. The molecule has 2 atom stereocenters. The van der Waals surface area contributed by atoms with Gasteiger partial charge in [-0.25, -0.2) is 0 Å². The Hall–Kier alpha value is -1.59. The van der Waals surface area contributed by atoms with Crippen molar-refractivity contribution in [3.63, 3.8) is 0 Å². The maximum absolute atomic E-state index is 11.6. The van der Waals surface area contributed by atoms with Crippen molar-refractivity contribution in [2.75, 3.05) is 6.61 Å². The van der Waals surface area contributed by atoms with Gasteiger partial charge in [-0.2, -0.15) is 0 Å². The minimum absolute atomic E-state index is 0.000945. The highest BCUT2D eigenvalue weighted by molar-refractivity contribution is 5.88. The molecule has 6 nitrogen and oxygen atoms in total. The highest BCUT2D eigenvalue weighted by atomic mass is 16.5. The summed E-state index contributed by atoms with van der Waals surface area (Å²) in [5, 5.41) is 2.54. The van der Waals surface area contributed by atoms with Crippen molar-refractivity contribution in [2.24, 2.45) is 11.7 Å². The van der Waals surface area contributed by atoms with Gasteiger partial charge in [0, 0.05) is 6.42 Å². The van der Waals surface area contributed by atoms with Crippen molar-refractivity contribution >= 4 is 17.8 Å². The first-order valence-electron chi connectivity index (χ1n) is 6.16. The van der Waals surface area contributed by atoms with Crippen molar-refractivity contribution in [1.82, 2.24) is 5.32 Å². The van der Waals surface area contributed by atoms with Crippen LogP contribution in [0, 0.1) is 5.92 Å². The SMILES string of the molecule is CCOC(=O)CCC(=O)N[C@@H](C(N)=O)[C@H](C)CC. The molecule has 0 aliphatic carbocycles. The Balaban J connectivity index is 4.19. The standard InChI is InChI=1S/C12H22N2O4/c1-4-8(3)11(12(13)17)14-9(15)6-7-10(16)18-5-2/h8,11H,4-7H2,1-3H3,(H2,13,17)(H,14,15)/t8-,11-/m1/s1. The highest BCUT2D eigenvalue weighted by Gasteiger charge is 2.23. The average Bonchev–Trinajstić information content (AvgIpc) is 2.32. The van der Waals surface area contributed by atoms with E-state index in [4.69, 9.17) is 10.5 Å². The Bertz CT molecular complexity index is 304. The Labute approximate surface area is 107 Å². The fourth-order valence-corrected chi connectivity index (χ4v) is 1.42. The molecule has 0 aromatic heterocycles. The van der Waals surface area contributed by atoms with Crippen molar-refractivity contribution in [3.8, 4) is 0 Å². The van der Waals surface area contributed by atoms with E-state index in [1.165, 1.54) is 0 Å². The smallest absolute Gasteiger partial charge is 0.306 e. The molecule has 0 saturated carbocycles. The second-order valence-corrected chi connectivity index (χ2v) is 4.14. The number of primary amides is 1. The average molecular weight is 258 g/mol. The number of nitrogens with two attached hydrogens (primary N) is 1. The van der Waals surface area contributed by atoms with E-state index in [1.54, 1.807) is 6.92 Å². The molecule has 0 rings (SSSR count). The second kappa shape index (κ2) is 8.49. The molecule has 6 heteroatoms. The van der Waals surface area contributed by atoms with E-state index in [0.29, 0.717) is 0 Å². The van der Waals surface area contributed by atoms with E-state index < -0.39 is 17.9 Å². The minimum Gasteiger partial charge on any atom is -0.466 e. The molecule has 0 radical (unpaired) electrons. The highest BCUT2D eigenvalue weighted by Crippen LogP contribution is 2.07. The number of ether oxygens (including phenoxy) is 1. The van der Waals surface area contributed by atoms with Crippen molar-refractivity contribution in [1.29, 1.82) is 0 Å². The Morgan fingerprint density at radius 2 is 1.83 bits per heavy atom. The zero-order valence-electron chi connectivity index (χ0n) is 11.2. The van der Waals surface area contributed by atoms with Crippen LogP contribution in [0.4, 0.5) is 0 Å². The molecule has 0 aromatic carbocycles. The van der Waals surface area contributed by atoms with Gasteiger partial charge in [0.25, 0.3) is 0 Å². The van der Waals surface area contributed by atoms with Crippen LogP contribution in [0.15, 0.2) is 0 Å². The quantitative estimate of drug-likeness (QED) is 0.613. The van der Waals surface area contributed by atoms with Gasteiger partial charge in [0.15, 0.2) is 0 Å². The summed E-state index contributed by atoms with van der Waals surface area (Å²) in [5.74, 6) is -1.39. The predicted octanol–water partition coefficient (Wildman–Crippen LogP) is 0.346. The molecule has 18 heavy (non-hydrogen) atoms. The van der Waals surface area contributed by atoms with Gasteiger partial charge in [0.1, 0.15) is 6.04 Å². The van der Waals surface area contributed by atoms with Crippen LogP contribution in [-0.2, 0) is 19.1 Å². The monoisotopic (exact) mass is 258 g/mol. The fraction of sp³-hybridized carbons (Fsp3) is 0.750. The number of carbonyl (C=O) groups is 3. The number of hydrogen-bond donors (Lipinski definition) is 2. The van der Waals surface area contributed by atoms with Gasteiger partial charge in [-0.15, -0.1) is 0 Å². The first kappa shape index (κ1) is 16.4. The number of nitrogens with one attached hydrogen (secondary N) is 1. The maximum atomic E-state index is 11.6. The van der Waals surface area contributed by atoms with Crippen LogP contribution in [0.25, 0.3) is 0 Å².